The lowest BCUT2D eigenvalue weighted by atomic mass is 10.1. The highest BCUT2D eigenvalue weighted by Gasteiger charge is 2.27. The van der Waals surface area contributed by atoms with E-state index in [9.17, 15) is 14.4 Å². The number of hydrogen-bond donors (Lipinski definition) is 2. The van der Waals surface area contributed by atoms with Crippen molar-refractivity contribution in [3.05, 3.63) is 150 Å². The second kappa shape index (κ2) is 13.7. The summed E-state index contributed by atoms with van der Waals surface area (Å²) >= 11 is 3.10. The Morgan fingerprint density at radius 2 is 1.40 bits per heavy atom. The summed E-state index contributed by atoms with van der Waals surface area (Å²) in [4.78, 5) is 44.6. The van der Waals surface area contributed by atoms with Crippen molar-refractivity contribution in [3.63, 3.8) is 0 Å². The van der Waals surface area contributed by atoms with Gasteiger partial charge in [-0.25, -0.2) is 0 Å². The molecule has 3 amide bonds. The number of nitrogens with zero attached hydrogens (tertiary/aromatic N) is 1. The molecule has 222 valence electrons. The molecular weight excluding hydrogens is 599 g/mol. The Bertz CT molecular complexity index is 1860. The lowest BCUT2D eigenvalue weighted by Gasteiger charge is -2.31. The first-order valence-electron chi connectivity index (χ1n) is 14.3. The average molecular weight is 628 g/mol. The Morgan fingerprint density at radius 1 is 0.756 bits per heavy atom. The lowest BCUT2D eigenvalue weighted by molar-refractivity contribution is -0.115. The van der Waals surface area contributed by atoms with Crippen molar-refractivity contribution in [2.24, 2.45) is 0 Å². The van der Waals surface area contributed by atoms with Crippen molar-refractivity contribution in [1.29, 1.82) is 0 Å². The molecule has 0 saturated heterocycles. The van der Waals surface area contributed by atoms with Gasteiger partial charge in [0.15, 0.2) is 0 Å². The molecule has 2 N–H and O–H groups in total. The predicted octanol–water partition coefficient (Wildman–Crippen LogP) is 8.33. The largest absolute Gasteiger partial charge is 0.321 e. The van der Waals surface area contributed by atoms with Crippen molar-refractivity contribution < 1.29 is 14.4 Å². The number of hydrogen-bond acceptors (Lipinski definition) is 5. The van der Waals surface area contributed by atoms with Crippen LogP contribution in [0.2, 0.25) is 0 Å². The van der Waals surface area contributed by atoms with E-state index in [1.807, 2.05) is 97.9 Å². The van der Waals surface area contributed by atoms with Crippen LogP contribution in [0.4, 0.5) is 17.1 Å². The van der Waals surface area contributed by atoms with Gasteiger partial charge in [-0.15, -0.1) is 11.8 Å². The second-order valence-corrected chi connectivity index (χ2v) is 12.5. The standard InChI is InChI=1S/C37H29N3O3S2/c1-25-10-9-11-26(22-25)23-30(39-36(42)27-12-3-2-4-13-27)37(43)38-28-18-20-29(21-19-28)44-24-35(41)40-31-14-5-7-16-33(31)45-34-17-8-6-15-32(34)40/h2-23H,24H2,1H3,(H,38,43)(H,39,42)/b30-23-. The second-order valence-electron chi connectivity index (χ2n) is 10.3. The van der Waals surface area contributed by atoms with Crippen LogP contribution in [0.3, 0.4) is 0 Å². The fourth-order valence-corrected chi connectivity index (χ4v) is 6.69. The summed E-state index contributed by atoms with van der Waals surface area (Å²) in [6.45, 7) is 1.97. The van der Waals surface area contributed by atoms with E-state index in [1.165, 1.54) is 11.8 Å². The molecule has 1 heterocycles. The van der Waals surface area contributed by atoms with Crippen LogP contribution in [-0.2, 0) is 9.59 Å². The van der Waals surface area contributed by atoms with Gasteiger partial charge in [-0.05, 0) is 79.2 Å². The van der Waals surface area contributed by atoms with Gasteiger partial charge in [-0.2, -0.15) is 0 Å². The van der Waals surface area contributed by atoms with Crippen LogP contribution in [-0.4, -0.2) is 23.5 Å². The van der Waals surface area contributed by atoms with Gasteiger partial charge in [-0.1, -0.05) is 84.1 Å². The minimum atomic E-state index is -0.448. The molecular formula is C37H29N3O3S2. The van der Waals surface area contributed by atoms with Gasteiger partial charge in [0.1, 0.15) is 5.70 Å². The van der Waals surface area contributed by atoms with E-state index in [0.717, 1.165) is 37.2 Å². The molecule has 0 spiro atoms. The summed E-state index contributed by atoms with van der Waals surface area (Å²) in [7, 11) is 0. The van der Waals surface area contributed by atoms with Crippen molar-refractivity contribution in [1.82, 2.24) is 5.32 Å². The van der Waals surface area contributed by atoms with E-state index < -0.39 is 5.91 Å². The molecule has 5 aromatic carbocycles. The molecule has 0 bridgehead atoms. The Labute approximate surface area is 270 Å². The van der Waals surface area contributed by atoms with Gasteiger partial charge in [0.25, 0.3) is 11.8 Å². The summed E-state index contributed by atoms with van der Waals surface area (Å²) in [5.41, 5.74) is 4.75. The average Bonchev–Trinajstić information content (AvgIpc) is 3.06. The molecule has 0 fully saturated rings. The zero-order chi connectivity index (χ0) is 31.2. The normalized spacial score (nSPS) is 12.1. The van der Waals surface area contributed by atoms with E-state index in [4.69, 9.17) is 0 Å². The SMILES string of the molecule is Cc1cccc(/C=C(\NC(=O)c2ccccc2)C(=O)Nc2ccc(SCC(=O)N3c4ccccc4Sc4ccccc43)cc2)c1. The van der Waals surface area contributed by atoms with Crippen LogP contribution in [0.5, 0.6) is 0 Å². The van der Waals surface area contributed by atoms with Gasteiger partial charge >= 0.3 is 0 Å². The quantitative estimate of drug-likeness (QED) is 0.134. The Balaban J connectivity index is 1.14. The van der Waals surface area contributed by atoms with Crippen molar-refractivity contribution >= 4 is 64.4 Å². The summed E-state index contributed by atoms with van der Waals surface area (Å²) in [6.07, 6.45) is 1.66. The van der Waals surface area contributed by atoms with Crippen molar-refractivity contribution in [3.8, 4) is 0 Å². The van der Waals surface area contributed by atoms with Crippen LogP contribution in [0.25, 0.3) is 6.08 Å². The zero-order valence-electron chi connectivity index (χ0n) is 24.4. The molecule has 0 aliphatic carbocycles. The lowest BCUT2D eigenvalue weighted by Crippen LogP contribution is -2.30. The molecule has 6 nitrogen and oxygen atoms in total. The van der Waals surface area contributed by atoms with Crippen LogP contribution in [0, 0.1) is 6.92 Å². The van der Waals surface area contributed by atoms with E-state index in [0.29, 0.717) is 11.3 Å². The summed E-state index contributed by atoms with van der Waals surface area (Å²) in [5, 5.41) is 5.66. The minimum Gasteiger partial charge on any atom is -0.321 e. The zero-order valence-corrected chi connectivity index (χ0v) is 26.0. The predicted molar refractivity (Wildman–Crippen MR) is 183 cm³/mol. The maximum Gasteiger partial charge on any atom is 0.272 e. The number of fused-ring (bicyclic) bond motifs is 2. The molecule has 6 rings (SSSR count). The van der Waals surface area contributed by atoms with E-state index in [-0.39, 0.29) is 23.3 Å². The van der Waals surface area contributed by atoms with Crippen LogP contribution in [0.1, 0.15) is 21.5 Å². The number of thioether (sulfide) groups is 1. The Morgan fingerprint density at radius 3 is 2.07 bits per heavy atom. The molecule has 0 unspecified atom stereocenters. The highest BCUT2D eigenvalue weighted by Crippen LogP contribution is 2.48. The van der Waals surface area contributed by atoms with Gasteiger partial charge in [0.2, 0.25) is 5.91 Å². The molecule has 5 aromatic rings. The van der Waals surface area contributed by atoms with E-state index >= 15 is 0 Å². The molecule has 1 aliphatic heterocycles. The third-order valence-corrected chi connectivity index (χ3v) is 9.17. The van der Waals surface area contributed by atoms with Gasteiger partial charge in [-0.3, -0.25) is 19.3 Å². The topological polar surface area (TPSA) is 78.5 Å². The maximum absolute atomic E-state index is 13.5. The van der Waals surface area contributed by atoms with Crippen LogP contribution >= 0.6 is 23.5 Å². The van der Waals surface area contributed by atoms with Crippen molar-refractivity contribution in [2.75, 3.05) is 16.0 Å². The van der Waals surface area contributed by atoms with Gasteiger partial charge in [0, 0.05) is 25.9 Å². The number of anilines is 3. The molecule has 45 heavy (non-hydrogen) atoms. The number of carbonyl (C=O) groups excluding carboxylic acids is 3. The molecule has 8 heteroatoms. The van der Waals surface area contributed by atoms with Gasteiger partial charge < -0.3 is 10.6 Å². The maximum atomic E-state index is 13.5. The smallest absolute Gasteiger partial charge is 0.272 e. The monoisotopic (exact) mass is 627 g/mol. The first-order valence-corrected chi connectivity index (χ1v) is 16.1. The fourth-order valence-electron chi connectivity index (χ4n) is 4.88. The first kappa shape index (κ1) is 30.0. The van der Waals surface area contributed by atoms with Crippen molar-refractivity contribution in [2.45, 2.75) is 21.6 Å². The summed E-state index contributed by atoms with van der Waals surface area (Å²) in [6, 6.07) is 39.6. The highest BCUT2D eigenvalue weighted by molar-refractivity contribution is 8.00. The molecule has 0 saturated carbocycles. The third kappa shape index (κ3) is 7.20. The molecule has 0 atom stereocenters. The highest BCUT2D eigenvalue weighted by atomic mass is 32.2. The molecule has 0 aromatic heterocycles. The first-order chi connectivity index (χ1) is 21.9. The number of benzene rings is 5. The minimum absolute atomic E-state index is 0.0161. The number of rotatable bonds is 8. The van der Waals surface area contributed by atoms with Crippen LogP contribution in [0.15, 0.2) is 148 Å². The number of aryl methyl sites for hydroxylation is 1. The molecule has 1 aliphatic rings. The third-order valence-electron chi connectivity index (χ3n) is 7.04. The van der Waals surface area contributed by atoms with Gasteiger partial charge in [0.05, 0.1) is 17.1 Å². The Hall–Kier alpha value is -5.05. The fraction of sp³-hybridized carbons (Fsp3) is 0.0541. The van der Waals surface area contributed by atoms with E-state index in [1.54, 1.807) is 59.1 Å². The van der Waals surface area contributed by atoms with E-state index in [2.05, 4.69) is 10.6 Å². The Kier molecular flexibility index (Phi) is 9.14. The number of para-hydroxylation sites is 2. The number of amides is 3. The summed E-state index contributed by atoms with van der Waals surface area (Å²) < 4.78 is 0. The molecule has 0 radical (unpaired) electrons. The summed E-state index contributed by atoms with van der Waals surface area (Å²) in [5.74, 6) is -0.596. The number of carbonyl (C=O) groups is 3. The van der Waals surface area contributed by atoms with Crippen LogP contribution < -0.4 is 15.5 Å². The number of nitrogens with one attached hydrogen (secondary N) is 2.